The molecule has 0 aliphatic rings. The second-order valence-electron chi connectivity index (χ2n) is 7.33. The largest absolute Gasteiger partial charge is 0.496 e. The Bertz CT molecular complexity index is 1330. The second kappa shape index (κ2) is 9.71. The fraction of sp³-hybridized carbons (Fsp3) is 0.115. The number of rotatable bonds is 7. The maximum atomic E-state index is 12.6. The molecule has 0 atom stereocenters. The topological polar surface area (TPSA) is 93.1 Å². The molecule has 0 radical (unpaired) electrons. The summed E-state index contributed by atoms with van der Waals surface area (Å²) < 4.78 is 12.3. The molecule has 2 aromatic carbocycles. The van der Waals surface area contributed by atoms with Crippen molar-refractivity contribution in [2.75, 3.05) is 7.11 Å². The number of nitrogens with zero attached hydrogens (tertiary/aromatic N) is 3. The molecule has 7 heteroatoms. The zero-order chi connectivity index (χ0) is 23.2. The molecule has 2 heterocycles. The summed E-state index contributed by atoms with van der Waals surface area (Å²) in [6.45, 7) is 2.15. The highest BCUT2D eigenvalue weighted by Crippen LogP contribution is 2.29. The summed E-state index contributed by atoms with van der Waals surface area (Å²) >= 11 is 0. The van der Waals surface area contributed by atoms with E-state index in [1.54, 1.807) is 36.2 Å². The van der Waals surface area contributed by atoms with Crippen LogP contribution in [-0.4, -0.2) is 22.8 Å². The zero-order valence-electron chi connectivity index (χ0n) is 18.3. The Labute approximate surface area is 191 Å². The summed E-state index contributed by atoms with van der Waals surface area (Å²) in [4.78, 5) is 12.6. The molecule has 0 aliphatic carbocycles. The van der Waals surface area contributed by atoms with Crippen LogP contribution in [0, 0.1) is 18.3 Å². The minimum Gasteiger partial charge on any atom is -0.496 e. The first-order valence-electron chi connectivity index (χ1n) is 10.3. The van der Waals surface area contributed by atoms with Crippen LogP contribution in [0.3, 0.4) is 0 Å². The van der Waals surface area contributed by atoms with Gasteiger partial charge in [0, 0.05) is 17.3 Å². The molecule has 0 fully saturated rings. The summed E-state index contributed by atoms with van der Waals surface area (Å²) in [6, 6.07) is 20.9. The number of aromatic nitrogens is 2. The van der Waals surface area contributed by atoms with Crippen molar-refractivity contribution >= 4 is 12.0 Å². The number of aryl methyl sites for hydroxylation is 1. The van der Waals surface area contributed by atoms with E-state index in [0.717, 1.165) is 22.6 Å². The van der Waals surface area contributed by atoms with E-state index >= 15 is 0 Å². The van der Waals surface area contributed by atoms with Crippen molar-refractivity contribution in [3.63, 3.8) is 0 Å². The number of methoxy groups -OCH3 is 1. The van der Waals surface area contributed by atoms with E-state index in [1.807, 2.05) is 61.5 Å². The Kier molecular flexibility index (Phi) is 6.37. The number of nitriles is 1. The first-order chi connectivity index (χ1) is 16.1. The summed E-state index contributed by atoms with van der Waals surface area (Å²) in [5, 5.41) is 17.1. The zero-order valence-corrected chi connectivity index (χ0v) is 18.3. The molecule has 4 aromatic rings. The van der Waals surface area contributed by atoms with Gasteiger partial charge in [-0.2, -0.15) is 10.4 Å². The molecule has 1 N–H and O–H groups in total. The van der Waals surface area contributed by atoms with Gasteiger partial charge >= 0.3 is 0 Å². The lowest BCUT2D eigenvalue weighted by Gasteiger charge is -2.07. The van der Waals surface area contributed by atoms with Crippen LogP contribution in [0.5, 0.6) is 5.75 Å². The van der Waals surface area contributed by atoms with E-state index < -0.39 is 5.91 Å². The van der Waals surface area contributed by atoms with Crippen LogP contribution in [0.2, 0.25) is 0 Å². The number of hydrogen-bond donors (Lipinski definition) is 1. The third-order valence-electron chi connectivity index (χ3n) is 5.10. The quantitative estimate of drug-likeness (QED) is 0.334. The van der Waals surface area contributed by atoms with E-state index in [0.29, 0.717) is 17.0 Å². The van der Waals surface area contributed by atoms with Crippen LogP contribution in [0.1, 0.15) is 16.9 Å². The lowest BCUT2D eigenvalue weighted by molar-refractivity contribution is -0.117. The molecule has 0 unspecified atom stereocenters. The molecule has 0 saturated carbocycles. The van der Waals surface area contributed by atoms with Gasteiger partial charge in [-0.05, 0) is 61.0 Å². The van der Waals surface area contributed by atoms with Gasteiger partial charge in [0.05, 0.1) is 25.6 Å². The Balaban J connectivity index is 1.73. The molecule has 2 aromatic heterocycles. The molecule has 7 nitrogen and oxygen atoms in total. The molecule has 0 saturated heterocycles. The number of para-hydroxylation sites is 1. The third-order valence-corrected chi connectivity index (χ3v) is 5.10. The summed E-state index contributed by atoms with van der Waals surface area (Å²) in [5.41, 5.74) is 3.94. The van der Waals surface area contributed by atoms with Crippen molar-refractivity contribution in [2.45, 2.75) is 13.5 Å². The first kappa shape index (κ1) is 21.7. The van der Waals surface area contributed by atoms with E-state index in [4.69, 9.17) is 14.3 Å². The minimum absolute atomic E-state index is 0.0272. The lowest BCUT2D eigenvalue weighted by atomic mass is 10.0. The van der Waals surface area contributed by atoms with Gasteiger partial charge in [-0.15, -0.1) is 0 Å². The molecular weight excluding hydrogens is 416 g/mol. The van der Waals surface area contributed by atoms with Gasteiger partial charge in [-0.1, -0.05) is 18.2 Å². The highest BCUT2D eigenvalue weighted by molar-refractivity contribution is 6.02. The van der Waals surface area contributed by atoms with Gasteiger partial charge in [0.25, 0.3) is 5.91 Å². The average molecular weight is 438 g/mol. The van der Waals surface area contributed by atoms with Crippen molar-refractivity contribution in [3.8, 4) is 28.8 Å². The smallest absolute Gasteiger partial charge is 0.262 e. The van der Waals surface area contributed by atoms with Crippen LogP contribution in [-0.2, 0) is 11.3 Å². The predicted molar refractivity (Wildman–Crippen MR) is 124 cm³/mol. The van der Waals surface area contributed by atoms with Gasteiger partial charge in [-0.25, -0.2) is 4.68 Å². The number of carbonyl (C=O) groups is 1. The van der Waals surface area contributed by atoms with Crippen molar-refractivity contribution < 1.29 is 13.9 Å². The lowest BCUT2D eigenvalue weighted by Crippen LogP contribution is -2.23. The standard InChI is InChI=1S/C26H22N4O3/c1-18-13-19(10-11-24(18)32-2)25-21(17-30(29-25)22-7-4-3-5-8-22)14-20(15-27)26(31)28-16-23-9-6-12-33-23/h3-14,17H,16H2,1-2H3,(H,28,31)/b20-14+. The summed E-state index contributed by atoms with van der Waals surface area (Å²) in [7, 11) is 1.63. The number of hydrogen-bond acceptors (Lipinski definition) is 5. The number of amides is 1. The normalized spacial score (nSPS) is 11.1. The number of benzene rings is 2. The Morgan fingerprint density at radius 3 is 2.70 bits per heavy atom. The van der Waals surface area contributed by atoms with Crippen LogP contribution in [0.25, 0.3) is 23.0 Å². The third kappa shape index (κ3) is 4.86. The molecule has 1 amide bonds. The van der Waals surface area contributed by atoms with Crippen molar-refractivity contribution in [1.82, 2.24) is 15.1 Å². The SMILES string of the molecule is COc1ccc(-c2nn(-c3ccccc3)cc2/C=C(\C#N)C(=O)NCc2ccco2)cc1C. The Morgan fingerprint density at radius 2 is 2.03 bits per heavy atom. The Morgan fingerprint density at radius 1 is 1.21 bits per heavy atom. The van der Waals surface area contributed by atoms with Crippen LogP contribution in [0.4, 0.5) is 0 Å². The highest BCUT2D eigenvalue weighted by Gasteiger charge is 2.16. The van der Waals surface area contributed by atoms with E-state index in [-0.39, 0.29) is 12.1 Å². The monoisotopic (exact) mass is 438 g/mol. The average Bonchev–Trinajstić information content (AvgIpc) is 3.51. The number of furan rings is 1. The van der Waals surface area contributed by atoms with Gasteiger partial charge in [0.15, 0.2) is 0 Å². The van der Waals surface area contributed by atoms with Crippen molar-refractivity contribution in [3.05, 3.63) is 95.6 Å². The van der Waals surface area contributed by atoms with Gasteiger partial charge in [-0.3, -0.25) is 4.79 Å². The molecule has 4 rings (SSSR count). The predicted octanol–water partition coefficient (Wildman–Crippen LogP) is 4.67. The van der Waals surface area contributed by atoms with E-state index in [1.165, 1.54) is 6.26 Å². The molecule has 0 spiro atoms. The Hall–Kier alpha value is -4.57. The fourth-order valence-electron chi connectivity index (χ4n) is 3.44. The maximum absolute atomic E-state index is 12.6. The summed E-state index contributed by atoms with van der Waals surface area (Å²) in [6.07, 6.45) is 4.89. The van der Waals surface area contributed by atoms with Gasteiger partial charge in [0.2, 0.25) is 0 Å². The second-order valence-corrected chi connectivity index (χ2v) is 7.33. The van der Waals surface area contributed by atoms with Crippen molar-refractivity contribution in [1.29, 1.82) is 5.26 Å². The highest BCUT2D eigenvalue weighted by atomic mass is 16.5. The molecule has 33 heavy (non-hydrogen) atoms. The maximum Gasteiger partial charge on any atom is 0.262 e. The molecule has 0 bridgehead atoms. The summed E-state index contributed by atoms with van der Waals surface area (Å²) in [5.74, 6) is 0.888. The van der Waals surface area contributed by atoms with Crippen LogP contribution < -0.4 is 10.1 Å². The molecular formula is C26H22N4O3. The van der Waals surface area contributed by atoms with E-state index in [9.17, 15) is 10.1 Å². The van der Waals surface area contributed by atoms with Gasteiger partial charge < -0.3 is 14.5 Å². The van der Waals surface area contributed by atoms with Crippen LogP contribution >= 0.6 is 0 Å². The fourth-order valence-corrected chi connectivity index (χ4v) is 3.44. The number of carbonyl (C=O) groups excluding carboxylic acids is 1. The molecule has 164 valence electrons. The number of nitrogens with one attached hydrogen (secondary N) is 1. The van der Waals surface area contributed by atoms with Crippen molar-refractivity contribution in [2.24, 2.45) is 0 Å². The number of ether oxygens (including phenoxy) is 1. The first-order valence-corrected chi connectivity index (χ1v) is 10.3. The van der Waals surface area contributed by atoms with Gasteiger partial charge in [0.1, 0.15) is 28.8 Å². The minimum atomic E-state index is -0.488. The van der Waals surface area contributed by atoms with E-state index in [2.05, 4.69) is 5.32 Å². The molecule has 0 aliphatic heterocycles. The van der Waals surface area contributed by atoms with Crippen LogP contribution in [0.15, 0.2) is 83.1 Å².